The summed E-state index contributed by atoms with van der Waals surface area (Å²) >= 11 is 0. The Balaban J connectivity index is 1.87. The zero-order valence-electron chi connectivity index (χ0n) is 19.9. The SMILES string of the molecule is COC(=O)c1cnc(Nc2cc([N+](=O)[O-])c(N(C)C)cc2OC)nc1-c1cn(C)c2ccccc12. The summed E-state index contributed by atoms with van der Waals surface area (Å²) < 4.78 is 12.3. The van der Waals surface area contributed by atoms with Crippen molar-refractivity contribution >= 4 is 39.9 Å². The minimum Gasteiger partial charge on any atom is -0.494 e. The fourth-order valence-corrected chi connectivity index (χ4v) is 3.89. The van der Waals surface area contributed by atoms with Crippen molar-refractivity contribution < 1.29 is 19.2 Å². The highest BCUT2D eigenvalue weighted by Gasteiger charge is 2.23. The highest BCUT2D eigenvalue weighted by atomic mass is 16.6. The molecule has 4 aromatic rings. The van der Waals surface area contributed by atoms with E-state index in [1.165, 1.54) is 26.5 Å². The van der Waals surface area contributed by atoms with Crippen LogP contribution in [0.5, 0.6) is 5.75 Å². The van der Waals surface area contributed by atoms with Gasteiger partial charge in [0.1, 0.15) is 17.0 Å². The van der Waals surface area contributed by atoms with Crippen LogP contribution in [0, 0.1) is 10.1 Å². The summed E-state index contributed by atoms with van der Waals surface area (Å²) in [5, 5.41) is 15.6. The number of hydrogen-bond donors (Lipinski definition) is 1. The van der Waals surface area contributed by atoms with Crippen LogP contribution in [0.3, 0.4) is 0 Å². The third kappa shape index (κ3) is 4.31. The molecule has 2 aromatic heterocycles. The van der Waals surface area contributed by atoms with Gasteiger partial charge in [-0.1, -0.05) is 18.2 Å². The Morgan fingerprint density at radius 1 is 1.20 bits per heavy atom. The molecule has 0 aliphatic heterocycles. The molecule has 0 saturated carbocycles. The van der Waals surface area contributed by atoms with Gasteiger partial charge >= 0.3 is 5.97 Å². The van der Waals surface area contributed by atoms with Gasteiger partial charge in [0.25, 0.3) is 5.69 Å². The monoisotopic (exact) mass is 476 g/mol. The number of nitrogens with zero attached hydrogens (tertiary/aromatic N) is 5. The minimum absolute atomic E-state index is 0.112. The van der Waals surface area contributed by atoms with E-state index in [0.717, 1.165) is 16.5 Å². The maximum atomic E-state index is 12.5. The Kier molecular flexibility index (Phi) is 6.24. The predicted octanol–water partition coefficient (Wildman–Crippen LogP) is 4.15. The van der Waals surface area contributed by atoms with Crippen LogP contribution < -0.4 is 15.0 Å². The second-order valence-corrected chi connectivity index (χ2v) is 7.94. The fourth-order valence-electron chi connectivity index (χ4n) is 3.89. The van der Waals surface area contributed by atoms with Gasteiger partial charge < -0.3 is 24.3 Å². The summed E-state index contributed by atoms with van der Waals surface area (Å²) in [4.78, 5) is 34.2. The van der Waals surface area contributed by atoms with Crippen LogP contribution in [0.1, 0.15) is 10.4 Å². The number of anilines is 3. The van der Waals surface area contributed by atoms with Crippen molar-refractivity contribution in [3.63, 3.8) is 0 Å². The number of carbonyl (C=O) groups is 1. The van der Waals surface area contributed by atoms with Crippen LogP contribution in [-0.4, -0.2) is 53.7 Å². The number of nitrogens with one attached hydrogen (secondary N) is 1. The molecule has 180 valence electrons. The number of nitro benzene ring substituents is 1. The van der Waals surface area contributed by atoms with Gasteiger partial charge in [0, 0.05) is 62.1 Å². The van der Waals surface area contributed by atoms with Crippen LogP contribution in [0.15, 0.2) is 48.8 Å². The molecular formula is C24H24N6O5. The Hall–Kier alpha value is -4.67. The number of fused-ring (bicyclic) bond motifs is 1. The number of aryl methyl sites for hydroxylation is 1. The quantitative estimate of drug-likeness (QED) is 0.238. The van der Waals surface area contributed by atoms with Crippen molar-refractivity contribution in [3.05, 3.63) is 64.5 Å². The van der Waals surface area contributed by atoms with Crippen molar-refractivity contribution in [1.29, 1.82) is 0 Å². The lowest BCUT2D eigenvalue weighted by atomic mass is 10.1. The van der Waals surface area contributed by atoms with Crippen LogP contribution in [0.2, 0.25) is 0 Å². The largest absolute Gasteiger partial charge is 0.494 e. The molecule has 11 heteroatoms. The number of para-hydroxylation sites is 1. The average molecular weight is 476 g/mol. The Labute approximate surface area is 201 Å². The predicted molar refractivity (Wildman–Crippen MR) is 133 cm³/mol. The molecule has 0 saturated heterocycles. The molecule has 0 aliphatic carbocycles. The summed E-state index contributed by atoms with van der Waals surface area (Å²) in [7, 11) is 8.08. The van der Waals surface area contributed by atoms with Crippen LogP contribution >= 0.6 is 0 Å². The fraction of sp³-hybridized carbons (Fsp3) is 0.208. The molecule has 0 radical (unpaired) electrons. The first kappa shape index (κ1) is 23.5. The average Bonchev–Trinajstić information content (AvgIpc) is 3.19. The highest BCUT2D eigenvalue weighted by Crippen LogP contribution is 2.39. The number of aromatic nitrogens is 3. The first-order valence-corrected chi connectivity index (χ1v) is 10.6. The second-order valence-electron chi connectivity index (χ2n) is 7.94. The van der Waals surface area contributed by atoms with Crippen molar-refractivity contribution in [2.45, 2.75) is 0 Å². The Bertz CT molecular complexity index is 1450. The number of benzene rings is 2. The minimum atomic E-state index is -0.581. The lowest BCUT2D eigenvalue weighted by Crippen LogP contribution is -2.12. The molecular weight excluding hydrogens is 452 g/mol. The van der Waals surface area contributed by atoms with Crippen LogP contribution in [0.4, 0.5) is 23.0 Å². The number of nitro groups is 1. The second kappa shape index (κ2) is 9.29. The Morgan fingerprint density at radius 3 is 2.60 bits per heavy atom. The summed E-state index contributed by atoms with van der Waals surface area (Å²) in [6.45, 7) is 0. The maximum absolute atomic E-state index is 12.5. The number of ether oxygens (including phenoxy) is 2. The van der Waals surface area contributed by atoms with E-state index >= 15 is 0 Å². The van der Waals surface area contributed by atoms with Crippen molar-refractivity contribution in [1.82, 2.24) is 14.5 Å². The van der Waals surface area contributed by atoms with Crippen LogP contribution in [0.25, 0.3) is 22.2 Å². The van der Waals surface area contributed by atoms with Gasteiger partial charge in [0.2, 0.25) is 5.95 Å². The molecule has 2 aromatic carbocycles. The summed E-state index contributed by atoms with van der Waals surface area (Å²) in [6.07, 6.45) is 3.24. The molecule has 2 heterocycles. The van der Waals surface area contributed by atoms with Gasteiger partial charge in [-0.2, -0.15) is 0 Å². The standard InChI is InChI=1S/C24H24N6O5/c1-28(2)19-11-21(34-4)17(10-20(19)30(32)33)26-24-25-12-15(23(31)35-5)22(27-24)16-13-29(3)18-9-7-6-8-14(16)18/h6-13H,1-5H3,(H,25,26,27). The molecule has 35 heavy (non-hydrogen) atoms. The van der Waals surface area contributed by atoms with E-state index in [1.54, 1.807) is 25.1 Å². The van der Waals surface area contributed by atoms with E-state index in [1.807, 2.05) is 42.1 Å². The van der Waals surface area contributed by atoms with E-state index in [4.69, 9.17) is 9.47 Å². The van der Waals surface area contributed by atoms with Gasteiger partial charge in [-0.05, 0) is 6.07 Å². The molecule has 0 fully saturated rings. The van der Waals surface area contributed by atoms with Gasteiger partial charge in [-0.25, -0.2) is 14.8 Å². The smallest absolute Gasteiger partial charge is 0.341 e. The lowest BCUT2D eigenvalue weighted by molar-refractivity contribution is -0.384. The molecule has 0 amide bonds. The number of rotatable bonds is 7. The van der Waals surface area contributed by atoms with Crippen LogP contribution in [-0.2, 0) is 11.8 Å². The van der Waals surface area contributed by atoms with Crippen molar-refractivity contribution in [3.8, 4) is 17.0 Å². The first-order chi connectivity index (χ1) is 16.7. The summed E-state index contributed by atoms with van der Waals surface area (Å²) in [5.41, 5.74) is 2.81. The molecule has 0 bridgehead atoms. The zero-order chi connectivity index (χ0) is 25.3. The molecule has 0 spiro atoms. The van der Waals surface area contributed by atoms with E-state index in [-0.39, 0.29) is 17.2 Å². The third-order valence-corrected chi connectivity index (χ3v) is 5.57. The van der Waals surface area contributed by atoms with E-state index < -0.39 is 10.9 Å². The topological polar surface area (TPSA) is 125 Å². The van der Waals surface area contributed by atoms with E-state index in [0.29, 0.717) is 22.8 Å². The number of carbonyl (C=O) groups excluding carboxylic acids is 1. The zero-order valence-corrected chi connectivity index (χ0v) is 19.9. The normalized spacial score (nSPS) is 10.8. The van der Waals surface area contributed by atoms with Gasteiger partial charge in [-0.15, -0.1) is 0 Å². The number of hydrogen-bond acceptors (Lipinski definition) is 9. The number of esters is 1. The highest BCUT2D eigenvalue weighted by molar-refractivity contribution is 6.02. The molecule has 11 nitrogen and oxygen atoms in total. The lowest BCUT2D eigenvalue weighted by Gasteiger charge is -2.17. The molecule has 4 rings (SSSR count). The summed E-state index contributed by atoms with van der Waals surface area (Å²) in [5.74, 6) is -0.0829. The molecule has 0 aliphatic rings. The summed E-state index contributed by atoms with van der Waals surface area (Å²) in [6, 6.07) is 10.7. The maximum Gasteiger partial charge on any atom is 0.341 e. The van der Waals surface area contributed by atoms with E-state index in [9.17, 15) is 14.9 Å². The van der Waals surface area contributed by atoms with Crippen molar-refractivity contribution in [2.24, 2.45) is 7.05 Å². The molecule has 0 atom stereocenters. The number of methoxy groups -OCH3 is 2. The van der Waals surface area contributed by atoms with Crippen molar-refractivity contribution in [2.75, 3.05) is 38.5 Å². The van der Waals surface area contributed by atoms with Gasteiger partial charge in [0.05, 0.1) is 30.5 Å². The Morgan fingerprint density at radius 2 is 1.94 bits per heavy atom. The van der Waals surface area contributed by atoms with Gasteiger partial charge in [0.15, 0.2) is 0 Å². The molecule has 1 N–H and O–H groups in total. The first-order valence-electron chi connectivity index (χ1n) is 10.6. The molecule has 0 unspecified atom stereocenters. The van der Waals surface area contributed by atoms with Gasteiger partial charge in [-0.3, -0.25) is 10.1 Å². The third-order valence-electron chi connectivity index (χ3n) is 5.57. The van der Waals surface area contributed by atoms with E-state index in [2.05, 4.69) is 15.3 Å².